The van der Waals surface area contributed by atoms with E-state index in [1.165, 1.54) is 17.0 Å². The fraction of sp³-hybridized carbons (Fsp3) is 0.462. The molecule has 98 valence electrons. The molecular formula is C13H14F3NO. The summed E-state index contributed by atoms with van der Waals surface area (Å²) in [4.78, 5) is 13.2. The lowest BCUT2D eigenvalue weighted by Gasteiger charge is -2.10. The predicted molar refractivity (Wildman–Crippen MR) is 61.0 cm³/mol. The molecule has 1 aromatic rings. The summed E-state index contributed by atoms with van der Waals surface area (Å²) in [5, 5.41) is 0. The maximum Gasteiger partial charge on any atom is 0.416 e. The summed E-state index contributed by atoms with van der Waals surface area (Å²) >= 11 is 0. The molecule has 2 nitrogen and oxygen atoms in total. The molecule has 2 rings (SSSR count). The van der Waals surface area contributed by atoms with Crippen LogP contribution in [0.25, 0.3) is 0 Å². The molecule has 1 aromatic carbocycles. The first-order valence-corrected chi connectivity index (χ1v) is 5.69. The molecule has 0 aliphatic heterocycles. The molecule has 0 radical (unpaired) electrons. The van der Waals surface area contributed by atoms with Crippen molar-refractivity contribution in [1.82, 2.24) is 4.90 Å². The fourth-order valence-corrected chi connectivity index (χ4v) is 2.09. The van der Waals surface area contributed by atoms with Crippen LogP contribution in [-0.4, -0.2) is 24.9 Å². The van der Waals surface area contributed by atoms with Crippen molar-refractivity contribution >= 4 is 5.91 Å². The third-order valence-electron chi connectivity index (χ3n) is 3.21. The molecule has 0 spiro atoms. The zero-order valence-electron chi connectivity index (χ0n) is 10.2. The van der Waals surface area contributed by atoms with E-state index in [9.17, 15) is 18.0 Å². The quantitative estimate of drug-likeness (QED) is 0.797. The largest absolute Gasteiger partial charge is 0.416 e. The molecule has 2 atom stereocenters. The van der Waals surface area contributed by atoms with Gasteiger partial charge in [-0.3, -0.25) is 4.79 Å². The number of hydrogen-bond acceptors (Lipinski definition) is 1. The smallest absolute Gasteiger partial charge is 0.349 e. The summed E-state index contributed by atoms with van der Waals surface area (Å²) in [6, 6.07) is 5.09. The maximum atomic E-state index is 12.4. The normalized spacial score (nSPS) is 22.7. The lowest BCUT2D eigenvalue weighted by molar-refractivity contribution is -0.137. The van der Waals surface area contributed by atoms with E-state index < -0.39 is 11.7 Å². The molecule has 0 bridgehead atoms. The molecule has 5 heteroatoms. The number of rotatable bonds is 2. The van der Waals surface area contributed by atoms with Crippen LogP contribution in [0.5, 0.6) is 0 Å². The van der Waals surface area contributed by atoms with Crippen LogP contribution in [0.2, 0.25) is 0 Å². The topological polar surface area (TPSA) is 20.3 Å². The van der Waals surface area contributed by atoms with Crippen molar-refractivity contribution in [3.05, 3.63) is 35.4 Å². The van der Waals surface area contributed by atoms with Crippen LogP contribution in [0.4, 0.5) is 13.2 Å². The SMILES string of the molecule is CN(C)C(=O)C1CC1c1ccc(C(F)(F)F)cc1. The molecule has 0 heterocycles. The van der Waals surface area contributed by atoms with E-state index in [1.54, 1.807) is 14.1 Å². The Kier molecular flexibility index (Phi) is 3.09. The molecule has 0 aromatic heterocycles. The molecule has 2 unspecified atom stereocenters. The first-order chi connectivity index (χ1) is 8.30. The molecule has 1 saturated carbocycles. The predicted octanol–water partition coefficient (Wildman–Crippen LogP) is 2.90. The molecule has 1 fully saturated rings. The average Bonchev–Trinajstić information content (AvgIpc) is 3.07. The number of benzene rings is 1. The third-order valence-corrected chi connectivity index (χ3v) is 3.21. The lowest BCUT2D eigenvalue weighted by atomic mass is 10.1. The molecule has 18 heavy (non-hydrogen) atoms. The Morgan fingerprint density at radius 3 is 2.22 bits per heavy atom. The summed E-state index contributed by atoms with van der Waals surface area (Å²) in [5.41, 5.74) is 0.158. The monoisotopic (exact) mass is 257 g/mol. The van der Waals surface area contributed by atoms with Crippen LogP contribution in [0, 0.1) is 5.92 Å². The van der Waals surface area contributed by atoms with Crippen molar-refractivity contribution in [3.8, 4) is 0 Å². The van der Waals surface area contributed by atoms with Crippen molar-refractivity contribution in [1.29, 1.82) is 0 Å². The molecule has 1 amide bonds. The molecule has 0 N–H and O–H groups in total. The second-order valence-corrected chi connectivity index (χ2v) is 4.80. The van der Waals surface area contributed by atoms with Gasteiger partial charge in [-0.05, 0) is 30.0 Å². The Hall–Kier alpha value is -1.52. The summed E-state index contributed by atoms with van der Waals surface area (Å²) in [7, 11) is 3.37. The van der Waals surface area contributed by atoms with E-state index in [0.29, 0.717) is 0 Å². The van der Waals surface area contributed by atoms with Crippen LogP contribution in [0.1, 0.15) is 23.5 Å². The van der Waals surface area contributed by atoms with Gasteiger partial charge in [-0.15, -0.1) is 0 Å². The zero-order chi connectivity index (χ0) is 13.5. The van der Waals surface area contributed by atoms with Gasteiger partial charge >= 0.3 is 6.18 Å². The summed E-state index contributed by atoms with van der Waals surface area (Å²) < 4.78 is 37.2. The van der Waals surface area contributed by atoms with Crippen molar-refractivity contribution in [2.75, 3.05) is 14.1 Å². The Labute approximate surface area is 103 Å². The lowest BCUT2D eigenvalue weighted by Crippen LogP contribution is -2.23. The maximum absolute atomic E-state index is 12.4. The highest BCUT2D eigenvalue weighted by Crippen LogP contribution is 2.48. The zero-order valence-corrected chi connectivity index (χ0v) is 10.2. The van der Waals surface area contributed by atoms with Gasteiger partial charge in [0.15, 0.2) is 0 Å². The number of alkyl halides is 3. The van der Waals surface area contributed by atoms with Gasteiger partial charge in [0.05, 0.1) is 5.56 Å². The van der Waals surface area contributed by atoms with Crippen LogP contribution < -0.4 is 0 Å². The van der Waals surface area contributed by atoms with Crippen molar-refractivity contribution in [3.63, 3.8) is 0 Å². The average molecular weight is 257 g/mol. The fourth-order valence-electron chi connectivity index (χ4n) is 2.09. The number of halogens is 3. The van der Waals surface area contributed by atoms with Gasteiger partial charge in [-0.1, -0.05) is 12.1 Å². The van der Waals surface area contributed by atoms with Gasteiger partial charge in [-0.2, -0.15) is 13.2 Å². The number of amides is 1. The van der Waals surface area contributed by atoms with Gasteiger partial charge < -0.3 is 4.90 Å². The summed E-state index contributed by atoms with van der Waals surface area (Å²) in [6.45, 7) is 0. The summed E-state index contributed by atoms with van der Waals surface area (Å²) in [6.07, 6.45) is -3.58. The molecule has 1 aliphatic rings. The van der Waals surface area contributed by atoms with Gasteiger partial charge in [-0.25, -0.2) is 0 Å². The van der Waals surface area contributed by atoms with E-state index >= 15 is 0 Å². The summed E-state index contributed by atoms with van der Waals surface area (Å²) in [5.74, 6) is 0.0406. The highest BCUT2D eigenvalue weighted by Gasteiger charge is 2.44. The molecule has 0 saturated heterocycles. The standard InChI is InChI=1S/C13H14F3NO/c1-17(2)12(18)11-7-10(11)8-3-5-9(6-4-8)13(14,15)16/h3-6,10-11H,7H2,1-2H3. The second kappa shape index (κ2) is 4.30. The number of carbonyl (C=O) groups excluding carboxylic acids is 1. The van der Waals surface area contributed by atoms with E-state index in [4.69, 9.17) is 0 Å². The number of nitrogens with zero attached hydrogens (tertiary/aromatic N) is 1. The van der Waals surface area contributed by atoms with Crippen molar-refractivity contribution in [2.24, 2.45) is 5.92 Å². The van der Waals surface area contributed by atoms with Crippen LogP contribution in [-0.2, 0) is 11.0 Å². The number of carbonyl (C=O) groups is 1. The first-order valence-electron chi connectivity index (χ1n) is 5.69. The number of hydrogen-bond donors (Lipinski definition) is 0. The Morgan fingerprint density at radius 2 is 1.78 bits per heavy atom. The van der Waals surface area contributed by atoms with Crippen LogP contribution in [0.3, 0.4) is 0 Å². The van der Waals surface area contributed by atoms with Gasteiger partial charge in [0.2, 0.25) is 5.91 Å². The van der Waals surface area contributed by atoms with E-state index in [0.717, 1.165) is 24.1 Å². The van der Waals surface area contributed by atoms with Gasteiger partial charge in [0.25, 0.3) is 0 Å². The second-order valence-electron chi connectivity index (χ2n) is 4.80. The molecular weight excluding hydrogens is 243 g/mol. The third kappa shape index (κ3) is 2.49. The van der Waals surface area contributed by atoms with Crippen LogP contribution in [0.15, 0.2) is 24.3 Å². The first kappa shape index (κ1) is 12.9. The van der Waals surface area contributed by atoms with E-state index in [1.807, 2.05) is 0 Å². The van der Waals surface area contributed by atoms with Crippen LogP contribution >= 0.6 is 0 Å². The molecule has 1 aliphatic carbocycles. The van der Waals surface area contributed by atoms with Gasteiger partial charge in [0, 0.05) is 20.0 Å². The minimum Gasteiger partial charge on any atom is -0.349 e. The Balaban J connectivity index is 2.07. The minimum atomic E-state index is -4.30. The van der Waals surface area contributed by atoms with Crippen molar-refractivity contribution < 1.29 is 18.0 Å². The van der Waals surface area contributed by atoms with Crippen molar-refractivity contribution in [2.45, 2.75) is 18.5 Å². The minimum absolute atomic E-state index is 0.0416. The van der Waals surface area contributed by atoms with E-state index in [-0.39, 0.29) is 17.7 Å². The Morgan fingerprint density at radius 1 is 1.22 bits per heavy atom. The van der Waals surface area contributed by atoms with E-state index in [2.05, 4.69) is 0 Å². The highest BCUT2D eigenvalue weighted by molar-refractivity contribution is 5.82. The highest BCUT2D eigenvalue weighted by atomic mass is 19.4. The van der Waals surface area contributed by atoms with Gasteiger partial charge in [0.1, 0.15) is 0 Å². The Bertz CT molecular complexity index is 450.